The zero-order valence-corrected chi connectivity index (χ0v) is 9.96. The van der Waals surface area contributed by atoms with Gasteiger partial charge in [-0.2, -0.15) is 18.3 Å². The highest BCUT2D eigenvalue weighted by molar-refractivity contribution is 4.84. The number of nitrogens with one attached hydrogen (secondary N) is 1. The van der Waals surface area contributed by atoms with Crippen LogP contribution in [0.4, 0.5) is 13.2 Å². The van der Waals surface area contributed by atoms with Gasteiger partial charge in [0.05, 0.1) is 13.0 Å². The van der Waals surface area contributed by atoms with Crippen molar-refractivity contribution in [3.05, 3.63) is 12.2 Å². The highest BCUT2D eigenvalue weighted by atomic mass is 19.4. The normalized spacial score (nSPS) is 12.4. The molecule has 0 aliphatic heterocycles. The van der Waals surface area contributed by atoms with Gasteiger partial charge in [0.25, 0.3) is 0 Å². The van der Waals surface area contributed by atoms with Gasteiger partial charge in [-0.1, -0.05) is 13.8 Å². The largest absolute Gasteiger partial charge is 0.390 e. The average Bonchev–Trinajstić information content (AvgIpc) is 2.58. The van der Waals surface area contributed by atoms with E-state index >= 15 is 0 Å². The van der Waals surface area contributed by atoms with E-state index in [1.807, 2.05) is 13.8 Å². The van der Waals surface area contributed by atoms with E-state index in [1.165, 1.54) is 6.33 Å². The number of halogens is 3. The summed E-state index contributed by atoms with van der Waals surface area (Å²) in [6.45, 7) is 5.02. The lowest BCUT2D eigenvalue weighted by atomic mass is 10.2. The third-order valence-electron chi connectivity index (χ3n) is 2.10. The molecule has 1 aromatic rings. The Morgan fingerprint density at radius 1 is 1.41 bits per heavy atom. The molecule has 98 valence electrons. The van der Waals surface area contributed by atoms with Crippen molar-refractivity contribution < 1.29 is 13.2 Å². The smallest absolute Gasteiger partial charge is 0.310 e. The Labute approximate surface area is 98.2 Å². The van der Waals surface area contributed by atoms with Crippen LogP contribution in [0, 0.1) is 5.92 Å². The van der Waals surface area contributed by atoms with E-state index in [2.05, 4.69) is 15.4 Å². The summed E-state index contributed by atoms with van der Waals surface area (Å²) in [6, 6.07) is 0. The minimum Gasteiger partial charge on any atom is -0.310 e. The number of rotatable bonds is 6. The van der Waals surface area contributed by atoms with Crippen LogP contribution in [0.25, 0.3) is 0 Å². The summed E-state index contributed by atoms with van der Waals surface area (Å²) < 4.78 is 37.4. The van der Waals surface area contributed by atoms with Crippen molar-refractivity contribution in [2.24, 2.45) is 5.92 Å². The fourth-order valence-electron chi connectivity index (χ4n) is 1.35. The first-order valence-corrected chi connectivity index (χ1v) is 5.52. The molecule has 0 amide bonds. The lowest BCUT2D eigenvalue weighted by Crippen LogP contribution is -2.23. The maximum Gasteiger partial charge on any atom is 0.390 e. The van der Waals surface area contributed by atoms with E-state index in [4.69, 9.17) is 0 Å². The van der Waals surface area contributed by atoms with Gasteiger partial charge in [0, 0.05) is 13.1 Å². The molecule has 0 fully saturated rings. The quantitative estimate of drug-likeness (QED) is 0.785. The Hall–Kier alpha value is -1.11. The summed E-state index contributed by atoms with van der Waals surface area (Å²) in [5.41, 5.74) is 0. The summed E-state index contributed by atoms with van der Waals surface area (Å²) in [7, 11) is 0. The predicted molar refractivity (Wildman–Crippen MR) is 57.2 cm³/mol. The second kappa shape index (κ2) is 6.00. The van der Waals surface area contributed by atoms with Crippen molar-refractivity contribution in [3.8, 4) is 0 Å². The standard InChI is InChI=1S/C10H17F3N4/c1-8(2)6-17-9(15-7-16-17)5-14-4-3-10(11,12)13/h7-8,14H,3-6H2,1-2H3. The Morgan fingerprint density at radius 2 is 2.12 bits per heavy atom. The van der Waals surface area contributed by atoms with Crippen LogP contribution in [0.15, 0.2) is 6.33 Å². The molecular formula is C10H17F3N4. The summed E-state index contributed by atoms with van der Waals surface area (Å²) in [5, 5.41) is 6.74. The van der Waals surface area contributed by atoms with Crippen LogP contribution in [0.3, 0.4) is 0 Å². The second-order valence-electron chi connectivity index (χ2n) is 4.29. The van der Waals surface area contributed by atoms with E-state index in [0.717, 1.165) is 6.54 Å². The fourth-order valence-corrected chi connectivity index (χ4v) is 1.35. The predicted octanol–water partition coefficient (Wildman–Crippen LogP) is 1.98. The maximum atomic E-state index is 11.9. The lowest BCUT2D eigenvalue weighted by molar-refractivity contribution is -0.133. The van der Waals surface area contributed by atoms with E-state index in [1.54, 1.807) is 4.68 Å². The van der Waals surface area contributed by atoms with E-state index < -0.39 is 12.6 Å². The second-order valence-corrected chi connectivity index (χ2v) is 4.29. The highest BCUT2D eigenvalue weighted by Crippen LogP contribution is 2.18. The van der Waals surface area contributed by atoms with Gasteiger partial charge in [0.2, 0.25) is 0 Å². The Balaban J connectivity index is 2.34. The third-order valence-corrected chi connectivity index (χ3v) is 2.10. The SMILES string of the molecule is CC(C)Cn1ncnc1CNCCC(F)(F)F. The van der Waals surface area contributed by atoms with E-state index in [-0.39, 0.29) is 6.54 Å². The number of nitrogens with zero attached hydrogens (tertiary/aromatic N) is 3. The molecule has 17 heavy (non-hydrogen) atoms. The van der Waals surface area contributed by atoms with Crippen LogP contribution in [0.5, 0.6) is 0 Å². The topological polar surface area (TPSA) is 42.7 Å². The molecule has 0 radical (unpaired) electrons. The molecule has 1 heterocycles. The van der Waals surface area contributed by atoms with Crippen LogP contribution in [-0.2, 0) is 13.1 Å². The van der Waals surface area contributed by atoms with Gasteiger partial charge in [-0.05, 0) is 5.92 Å². The lowest BCUT2D eigenvalue weighted by Gasteiger charge is -2.10. The van der Waals surface area contributed by atoms with Gasteiger partial charge in [0.1, 0.15) is 12.2 Å². The Kier molecular flexibility index (Phi) is 4.92. The van der Waals surface area contributed by atoms with Gasteiger partial charge in [-0.25, -0.2) is 9.67 Å². The third kappa shape index (κ3) is 5.67. The van der Waals surface area contributed by atoms with Gasteiger partial charge in [-0.3, -0.25) is 0 Å². The van der Waals surface area contributed by atoms with Crippen molar-refractivity contribution in [2.45, 2.75) is 39.5 Å². The molecule has 0 aliphatic rings. The molecule has 1 aromatic heterocycles. The van der Waals surface area contributed by atoms with Crippen LogP contribution in [0.1, 0.15) is 26.1 Å². The minimum absolute atomic E-state index is 0.0992. The molecule has 0 atom stereocenters. The van der Waals surface area contributed by atoms with Crippen molar-refractivity contribution in [2.75, 3.05) is 6.54 Å². The van der Waals surface area contributed by atoms with Crippen LogP contribution >= 0.6 is 0 Å². The first kappa shape index (κ1) is 14.0. The van der Waals surface area contributed by atoms with Crippen molar-refractivity contribution in [3.63, 3.8) is 0 Å². The van der Waals surface area contributed by atoms with E-state index in [0.29, 0.717) is 18.3 Å². The number of hydrogen-bond acceptors (Lipinski definition) is 3. The zero-order valence-electron chi connectivity index (χ0n) is 9.96. The molecule has 1 N–H and O–H groups in total. The molecule has 0 spiro atoms. The molecule has 0 aromatic carbocycles. The van der Waals surface area contributed by atoms with Gasteiger partial charge < -0.3 is 5.32 Å². The van der Waals surface area contributed by atoms with Gasteiger partial charge in [-0.15, -0.1) is 0 Å². The molecule has 0 saturated carbocycles. The van der Waals surface area contributed by atoms with E-state index in [9.17, 15) is 13.2 Å². The molecule has 4 nitrogen and oxygen atoms in total. The number of aromatic nitrogens is 3. The van der Waals surface area contributed by atoms with Crippen LogP contribution in [0.2, 0.25) is 0 Å². The summed E-state index contributed by atoms with van der Waals surface area (Å²) in [6.07, 6.45) is -3.52. The average molecular weight is 250 g/mol. The first-order chi connectivity index (χ1) is 7.88. The molecule has 7 heteroatoms. The molecular weight excluding hydrogens is 233 g/mol. The van der Waals surface area contributed by atoms with Crippen LogP contribution < -0.4 is 5.32 Å². The molecule has 1 rings (SSSR count). The monoisotopic (exact) mass is 250 g/mol. The fraction of sp³-hybridized carbons (Fsp3) is 0.800. The Morgan fingerprint density at radius 3 is 2.71 bits per heavy atom. The van der Waals surface area contributed by atoms with Crippen molar-refractivity contribution >= 4 is 0 Å². The maximum absolute atomic E-state index is 11.9. The molecule has 0 bridgehead atoms. The minimum atomic E-state index is -4.11. The van der Waals surface area contributed by atoms with Gasteiger partial charge in [0.15, 0.2) is 0 Å². The number of alkyl halides is 3. The van der Waals surface area contributed by atoms with Crippen molar-refractivity contribution in [1.82, 2.24) is 20.1 Å². The summed E-state index contributed by atoms with van der Waals surface area (Å²) in [5.74, 6) is 1.09. The summed E-state index contributed by atoms with van der Waals surface area (Å²) >= 11 is 0. The zero-order chi connectivity index (χ0) is 12.9. The molecule has 0 aliphatic carbocycles. The summed E-state index contributed by atoms with van der Waals surface area (Å²) in [4.78, 5) is 4.01. The molecule has 0 saturated heterocycles. The highest BCUT2D eigenvalue weighted by Gasteiger charge is 2.25. The van der Waals surface area contributed by atoms with Crippen LogP contribution in [-0.4, -0.2) is 27.5 Å². The first-order valence-electron chi connectivity index (χ1n) is 5.52. The van der Waals surface area contributed by atoms with Gasteiger partial charge >= 0.3 is 6.18 Å². The molecule has 0 unspecified atom stereocenters. The number of hydrogen-bond donors (Lipinski definition) is 1. The Bertz CT molecular complexity index is 333. The van der Waals surface area contributed by atoms with Crippen molar-refractivity contribution in [1.29, 1.82) is 0 Å².